The Hall–Kier alpha value is -1.25. The lowest BCUT2D eigenvalue weighted by molar-refractivity contribution is 0.0323. The number of alkyl halides is 1. The smallest absolute Gasteiger partial charge is 0.262 e. The molecule has 0 saturated heterocycles. The minimum absolute atomic E-state index is 0.162. The van der Waals surface area contributed by atoms with E-state index in [1.54, 1.807) is 0 Å². The number of rotatable bonds is 3. The standard InChI is InChI=1S/C8H9BrN4O3/c9-1-3(14)6(15)5-4-7(13-12-5)10-2-11-8(4)16/h2-3,6,14-15H,1H2,(H2,10,11,12,13,16). The Kier molecular flexibility index (Phi) is 3.03. The van der Waals surface area contributed by atoms with Crippen molar-refractivity contribution in [3.8, 4) is 0 Å². The van der Waals surface area contributed by atoms with Crippen LogP contribution in [0.1, 0.15) is 11.8 Å². The zero-order chi connectivity index (χ0) is 11.7. The molecule has 0 spiro atoms. The van der Waals surface area contributed by atoms with Crippen molar-refractivity contribution in [2.24, 2.45) is 0 Å². The lowest BCUT2D eigenvalue weighted by Crippen LogP contribution is -2.21. The van der Waals surface area contributed by atoms with Crippen LogP contribution in [0.4, 0.5) is 0 Å². The first-order valence-corrected chi connectivity index (χ1v) is 5.61. The summed E-state index contributed by atoms with van der Waals surface area (Å²) in [4.78, 5) is 17.7. The van der Waals surface area contributed by atoms with E-state index >= 15 is 0 Å². The number of aromatic nitrogens is 4. The van der Waals surface area contributed by atoms with E-state index in [4.69, 9.17) is 0 Å². The zero-order valence-corrected chi connectivity index (χ0v) is 9.60. The fourth-order valence-corrected chi connectivity index (χ4v) is 1.73. The maximum atomic E-state index is 11.5. The van der Waals surface area contributed by atoms with Crippen LogP contribution in [0.15, 0.2) is 11.1 Å². The van der Waals surface area contributed by atoms with Crippen LogP contribution in [0.5, 0.6) is 0 Å². The van der Waals surface area contributed by atoms with Crippen LogP contribution in [0.25, 0.3) is 11.0 Å². The zero-order valence-electron chi connectivity index (χ0n) is 8.01. The number of hydrogen-bond donors (Lipinski definition) is 4. The van der Waals surface area contributed by atoms with E-state index in [0.717, 1.165) is 0 Å². The van der Waals surface area contributed by atoms with Gasteiger partial charge in [-0.2, -0.15) is 5.10 Å². The molecule has 0 amide bonds. The molecule has 16 heavy (non-hydrogen) atoms. The van der Waals surface area contributed by atoms with Crippen LogP contribution >= 0.6 is 15.9 Å². The van der Waals surface area contributed by atoms with Crippen molar-refractivity contribution in [2.45, 2.75) is 12.2 Å². The van der Waals surface area contributed by atoms with Gasteiger partial charge in [-0.25, -0.2) is 4.98 Å². The van der Waals surface area contributed by atoms with E-state index in [1.807, 2.05) is 0 Å². The Bertz CT molecular complexity index is 551. The first-order valence-electron chi connectivity index (χ1n) is 4.49. The summed E-state index contributed by atoms with van der Waals surface area (Å²) < 4.78 is 0. The molecular formula is C8H9BrN4O3. The summed E-state index contributed by atoms with van der Waals surface area (Å²) in [6.45, 7) is 0. The molecular weight excluding hydrogens is 280 g/mol. The molecule has 0 aliphatic rings. The molecule has 2 unspecified atom stereocenters. The minimum Gasteiger partial charge on any atom is -0.389 e. The molecule has 2 aromatic rings. The monoisotopic (exact) mass is 288 g/mol. The van der Waals surface area contributed by atoms with Crippen LogP contribution in [0, 0.1) is 0 Å². The minimum atomic E-state index is -1.21. The van der Waals surface area contributed by atoms with Gasteiger partial charge >= 0.3 is 0 Å². The molecule has 4 N–H and O–H groups in total. The second-order valence-corrected chi connectivity index (χ2v) is 3.88. The maximum Gasteiger partial charge on any atom is 0.262 e. The Labute approximate surface area is 97.7 Å². The molecule has 0 aliphatic carbocycles. The van der Waals surface area contributed by atoms with Gasteiger partial charge < -0.3 is 15.2 Å². The highest BCUT2D eigenvalue weighted by molar-refractivity contribution is 9.09. The van der Waals surface area contributed by atoms with E-state index in [2.05, 4.69) is 36.1 Å². The van der Waals surface area contributed by atoms with Gasteiger partial charge in [0.25, 0.3) is 5.56 Å². The molecule has 2 rings (SSSR count). The third-order valence-electron chi connectivity index (χ3n) is 2.20. The summed E-state index contributed by atoms with van der Waals surface area (Å²) in [5, 5.41) is 25.9. The topological polar surface area (TPSA) is 115 Å². The highest BCUT2D eigenvalue weighted by Gasteiger charge is 2.23. The first kappa shape index (κ1) is 11.2. The highest BCUT2D eigenvalue weighted by atomic mass is 79.9. The Morgan fingerprint density at radius 2 is 2.25 bits per heavy atom. The third-order valence-corrected chi connectivity index (χ3v) is 2.87. The van der Waals surface area contributed by atoms with Crippen LogP contribution in [0.3, 0.4) is 0 Å². The average Bonchev–Trinajstić information content (AvgIpc) is 2.72. The number of aliphatic hydroxyl groups excluding tert-OH is 2. The van der Waals surface area contributed by atoms with Crippen LogP contribution in [-0.2, 0) is 0 Å². The van der Waals surface area contributed by atoms with Gasteiger partial charge in [-0.15, -0.1) is 0 Å². The van der Waals surface area contributed by atoms with Gasteiger partial charge in [0.05, 0.1) is 18.1 Å². The van der Waals surface area contributed by atoms with Crippen molar-refractivity contribution in [3.05, 3.63) is 22.4 Å². The lowest BCUT2D eigenvalue weighted by Gasteiger charge is -2.13. The molecule has 2 aromatic heterocycles. The quantitative estimate of drug-likeness (QED) is 0.565. The van der Waals surface area contributed by atoms with E-state index in [9.17, 15) is 15.0 Å². The number of halogens is 1. The number of nitrogens with zero attached hydrogens (tertiary/aromatic N) is 2. The molecule has 0 fully saturated rings. The van der Waals surface area contributed by atoms with Gasteiger partial charge in [0.15, 0.2) is 5.65 Å². The van der Waals surface area contributed by atoms with E-state index < -0.39 is 17.8 Å². The largest absolute Gasteiger partial charge is 0.389 e. The van der Waals surface area contributed by atoms with E-state index in [-0.39, 0.29) is 22.1 Å². The Balaban J connectivity index is 2.57. The first-order chi connectivity index (χ1) is 7.65. The van der Waals surface area contributed by atoms with Crippen LogP contribution in [-0.4, -0.2) is 41.8 Å². The summed E-state index contributed by atoms with van der Waals surface area (Å²) in [5.74, 6) is 0. The lowest BCUT2D eigenvalue weighted by atomic mass is 10.1. The molecule has 0 bridgehead atoms. The molecule has 2 heterocycles. The SMILES string of the molecule is O=c1[nH]cnc2n[nH]c(C(O)C(O)CBr)c12. The van der Waals surface area contributed by atoms with Crippen molar-refractivity contribution in [3.63, 3.8) is 0 Å². The molecule has 0 aromatic carbocycles. The summed E-state index contributed by atoms with van der Waals surface area (Å²) >= 11 is 3.04. The van der Waals surface area contributed by atoms with Crippen molar-refractivity contribution in [1.29, 1.82) is 0 Å². The van der Waals surface area contributed by atoms with Crippen molar-refractivity contribution in [2.75, 3.05) is 5.33 Å². The molecule has 8 heteroatoms. The predicted molar refractivity (Wildman–Crippen MR) is 59.3 cm³/mol. The number of aliphatic hydroxyl groups is 2. The molecule has 7 nitrogen and oxygen atoms in total. The van der Waals surface area contributed by atoms with E-state index in [0.29, 0.717) is 0 Å². The fourth-order valence-electron chi connectivity index (χ4n) is 1.38. The molecule has 2 atom stereocenters. The van der Waals surface area contributed by atoms with Gasteiger partial charge in [0.2, 0.25) is 0 Å². The summed E-state index contributed by atoms with van der Waals surface area (Å²) in [6.07, 6.45) is -1.01. The number of aromatic amines is 2. The van der Waals surface area contributed by atoms with Crippen LogP contribution < -0.4 is 5.56 Å². The molecule has 86 valence electrons. The van der Waals surface area contributed by atoms with Gasteiger partial charge in [0.1, 0.15) is 11.5 Å². The van der Waals surface area contributed by atoms with Gasteiger partial charge in [-0.1, -0.05) is 15.9 Å². The fraction of sp³-hybridized carbons (Fsp3) is 0.375. The number of H-pyrrole nitrogens is 2. The number of nitrogens with one attached hydrogen (secondary N) is 2. The van der Waals surface area contributed by atoms with E-state index in [1.165, 1.54) is 6.33 Å². The van der Waals surface area contributed by atoms with Gasteiger partial charge in [0, 0.05) is 5.33 Å². The molecule has 0 saturated carbocycles. The van der Waals surface area contributed by atoms with Crippen molar-refractivity contribution >= 4 is 27.0 Å². The second kappa shape index (κ2) is 4.32. The van der Waals surface area contributed by atoms with Gasteiger partial charge in [-0.05, 0) is 0 Å². The number of hydrogen-bond acceptors (Lipinski definition) is 5. The van der Waals surface area contributed by atoms with Crippen molar-refractivity contribution < 1.29 is 10.2 Å². The summed E-state index contributed by atoms with van der Waals surface area (Å²) in [6, 6.07) is 0. The molecule has 0 radical (unpaired) electrons. The summed E-state index contributed by atoms with van der Waals surface area (Å²) in [7, 11) is 0. The third kappa shape index (κ3) is 1.75. The van der Waals surface area contributed by atoms with Crippen LogP contribution in [0.2, 0.25) is 0 Å². The Morgan fingerprint density at radius 3 is 2.94 bits per heavy atom. The molecule has 0 aliphatic heterocycles. The maximum absolute atomic E-state index is 11.5. The highest BCUT2D eigenvalue weighted by Crippen LogP contribution is 2.20. The van der Waals surface area contributed by atoms with Gasteiger partial charge in [-0.3, -0.25) is 9.89 Å². The summed E-state index contributed by atoms with van der Waals surface area (Å²) in [5.41, 5.74) is -0.0366. The van der Waals surface area contributed by atoms with Crippen molar-refractivity contribution in [1.82, 2.24) is 20.2 Å². The second-order valence-electron chi connectivity index (χ2n) is 3.23. The normalized spacial score (nSPS) is 15.2. The Morgan fingerprint density at radius 1 is 1.50 bits per heavy atom. The average molecular weight is 289 g/mol. The predicted octanol–water partition coefficient (Wildman–Crippen LogP) is -0.565. The number of fused-ring (bicyclic) bond motifs is 1.